The quantitative estimate of drug-likeness (QED) is 0.580. The molecule has 1 heterocycles. The highest BCUT2D eigenvalue weighted by Gasteiger charge is 2.10. The SMILES string of the molecule is CCc1nc(CNC(=NC)NCc2cc(C)ccc2OC(F)F)cs1. The molecular formula is C17H22F2N4OS. The minimum absolute atomic E-state index is 0.163. The summed E-state index contributed by atoms with van der Waals surface area (Å²) in [6, 6.07) is 5.10. The summed E-state index contributed by atoms with van der Waals surface area (Å²) in [4.78, 5) is 8.62. The van der Waals surface area contributed by atoms with Crippen LogP contribution in [0.3, 0.4) is 0 Å². The van der Waals surface area contributed by atoms with E-state index >= 15 is 0 Å². The van der Waals surface area contributed by atoms with Crippen molar-refractivity contribution in [2.24, 2.45) is 4.99 Å². The van der Waals surface area contributed by atoms with Crippen LogP contribution in [0.4, 0.5) is 8.78 Å². The van der Waals surface area contributed by atoms with Crippen molar-refractivity contribution in [2.45, 2.75) is 40.0 Å². The van der Waals surface area contributed by atoms with E-state index in [0.717, 1.165) is 22.7 Å². The molecule has 1 aromatic carbocycles. The standard InChI is InChI=1S/C17H22F2N4OS/c1-4-15-23-13(10-25-15)9-22-17(20-3)21-8-12-7-11(2)5-6-14(12)24-16(18)19/h5-7,10,16H,4,8-9H2,1-3H3,(H2,20,21,22). The van der Waals surface area contributed by atoms with Crippen LogP contribution in [-0.4, -0.2) is 24.6 Å². The second kappa shape index (κ2) is 9.31. The van der Waals surface area contributed by atoms with Crippen LogP contribution in [0.5, 0.6) is 5.75 Å². The van der Waals surface area contributed by atoms with Gasteiger partial charge in [-0.15, -0.1) is 11.3 Å². The van der Waals surface area contributed by atoms with Crippen molar-refractivity contribution in [1.82, 2.24) is 15.6 Å². The second-order valence-electron chi connectivity index (χ2n) is 5.36. The minimum Gasteiger partial charge on any atom is -0.434 e. The summed E-state index contributed by atoms with van der Waals surface area (Å²) in [5, 5.41) is 9.37. The minimum atomic E-state index is -2.85. The monoisotopic (exact) mass is 368 g/mol. The van der Waals surface area contributed by atoms with E-state index in [1.807, 2.05) is 18.4 Å². The van der Waals surface area contributed by atoms with Crippen LogP contribution in [0.2, 0.25) is 0 Å². The lowest BCUT2D eigenvalue weighted by Gasteiger charge is -2.14. The van der Waals surface area contributed by atoms with Gasteiger partial charge in [-0.05, 0) is 19.4 Å². The normalized spacial score (nSPS) is 11.7. The molecule has 0 aliphatic rings. The van der Waals surface area contributed by atoms with Gasteiger partial charge in [0, 0.05) is 24.5 Å². The van der Waals surface area contributed by atoms with E-state index in [2.05, 4.69) is 32.3 Å². The molecule has 0 amide bonds. The van der Waals surface area contributed by atoms with Crippen molar-refractivity contribution < 1.29 is 13.5 Å². The van der Waals surface area contributed by atoms with Crippen LogP contribution in [0.1, 0.15) is 28.8 Å². The molecule has 0 unspecified atom stereocenters. The Labute approximate surface area is 150 Å². The van der Waals surface area contributed by atoms with Crippen LogP contribution in [-0.2, 0) is 19.5 Å². The molecule has 136 valence electrons. The second-order valence-corrected chi connectivity index (χ2v) is 6.30. The molecule has 2 aromatic rings. The summed E-state index contributed by atoms with van der Waals surface area (Å²) >= 11 is 1.63. The van der Waals surface area contributed by atoms with Crippen molar-refractivity contribution in [3.63, 3.8) is 0 Å². The average Bonchev–Trinajstić information content (AvgIpc) is 3.05. The van der Waals surface area contributed by atoms with Crippen molar-refractivity contribution in [3.8, 4) is 5.75 Å². The number of nitrogens with one attached hydrogen (secondary N) is 2. The van der Waals surface area contributed by atoms with Gasteiger partial charge in [-0.25, -0.2) is 4.98 Å². The number of nitrogens with zero attached hydrogens (tertiary/aromatic N) is 2. The molecular weight excluding hydrogens is 346 g/mol. The predicted octanol–water partition coefficient (Wildman–Crippen LogP) is 3.48. The van der Waals surface area contributed by atoms with E-state index in [1.54, 1.807) is 30.5 Å². The summed E-state index contributed by atoms with van der Waals surface area (Å²) in [5.41, 5.74) is 2.56. The zero-order valence-electron chi connectivity index (χ0n) is 14.5. The first-order valence-corrected chi connectivity index (χ1v) is 8.82. The number of aromatic nitrogens is 1. The summed E-state index contributed by atoms with van der Waals surface area (Å²) in [7, 11) is 1.65. The van der Waals surface area contributed by atoms with Gasteiger partial charge in [-0.2, -0.15) is 8.78 Å². The predicted molar refractivity (Wildman–Crippen MR) is 96.3 cm³/mol. The number of hydrogen-bond donors (Lipinski definition) is 2. The fourth-order valence-electron chi connectivity index (χ4n) is 2.22. The Bertz CT molecular complexity index is 718. The first-order valence-electron chi connectivity index (χ1n) is 7.94. The lowest BCUT2D eigenvalue weighted by Crippen LogP contribution is -2.36. The van der Waals surface area contributed by atoms with Crippen molar-refractivity contribution >= 4 is 17.3 Å². The summed E-state index contributed by atoms with van der Waals surface area (Å²) in [6.07, 6.45) is 0.915. The Morgan fingerprint density at radius 3 is 2.72 bits per heavy atom. The Balaban J connectivity index is 1.95. The van der Waals surface area contributed by atoms with Crippen LogP contribution in [0.15, 0.2) is 28.6 Å². The maximum atomic E-state index is 12.5. The van der Waals surface area contributed by atoms with E-state index in [0.29, 0.717) is 24.6 Å². The van der Waals surface area contributed by atoms with Crippen molar-refractivity contribution in [2.75, 3.05) is 7.05 Å². The maximum Gasteiger partial charge on any atom is 0.387 e. The fourth-order valence-corrected chi connectivity index (χ4v) is 2.97. The number of thiazole rings is 1. The average molecular weight is 368 g/mol. The molecule has 0 fully saturated rings. The molecule has 0 aliphatic carbocycles. The molecule has 25 heavy (non-hydrogen) atoms. The molecule has 0 bridgehead atoms. The molecule has 2 N–H and O–H groups in total. The van der Waals surface area contributed by atoms with Gasteiger partial charge in [0.25, 0.3) is 0 Å². The maximum absolute atomic E-state index is 12.5. The fraction of sp³-hybridized carbons (Fsp3) is 0.412. The molecule has 0 saturated carbocycles. The number of benzene rings is 1. The molecule has 1 aromatic heterocycles. The third-order valence-corrected chi connectivity index (χ3v) is 4.48. The van der Waals surface area contributed by atoms with Crippen LogP contribution in [0, 0.1) is 6.92 Å². The van der Waals surface area contributed by atoms with Crippen LogP contribution < -0.4 is 15.4 Å². The zero-order chi connectivity index (χ0) is 18.2. The first kappa shape index (κ1) is 19.1. The van der Waals surface area contributed by atoms with Gasteiger partial charge in [0.05, 0.1) is 17.2 Å². The summed E-state index contributed by atoms with van der Waals surface area (Å²) in [6.45, 7) is 1.98. The number of alkyl halides is 2. The van der Waals surface area contributed by atoms with E-state index < -0.39 is 6.61 Å². The van der Waals surface area contributed by atoms with Gasteiger partial charge in [-0.1, -0.05) is 24.6 Å². The van der Waals surface area contributed by atoms with E-state index in [-0.39, 0.29) is 5.75 Å². The van der Waals surface area contributed by atoms with E-state index in [1.165, 1.54) is 0 Å². The van der Waals surface area contributed by atoms with Gasteiger partial charge in [0.15, 0.2) is 5.96 Å². The highest BCUT2D eigenvalue weighted by atomic mass is 32.1. The van der Waals surface area contributed by atoms with Crippen LogP contribution >= 0.6 is 11.3 Å². The highest BCUT2D eigenvalue weighted by Crippen LogP contribution is 2.22. The lowest BCUT2D eigenvalue weighted by atomic mass is 10.1. The third-order valence-electron chi connectivity index (χ3n) is 3.44. The molecule has 8 heteroatoms. The zero-order valence-corrected chi connectivity index (χ0v) is 15.3. The summed E-state index contributed by atoms with van der Waals surface area (Å²) in [5.74, 6) is 0.728. The van der Waals surface area contributed by atoms with Gasteiger partial charge in [-0.3, -0.25) is 4.99 Å². The number of guanidine groups is 1. The Hall–Kier alpha value is -2.22. The lowest BCUT2D eigenvalue weighted by molar-refractivity contribution is -0.0504. The largest absolute Gasteiger partial charge is 0.434 e. The number of halogens is 2. The van der Waals surface area contributed by atoms with Crippen molar-refractivity contribution in [1.29, 1.82) is 0 Å². The number of hydrogen-bond acceptors (Lipinski definition) is 4. The topological polar surface area (TPSA) is 58.5 Å². The van der Waals surface area contributed by atoms with E-state index in [4.69, 9.17) is 0 Å². The van der Waals surface area contributed by atoms with Gasteiger partial charge in [0.1, 0.15) is 5.75 Å². The smallest absolute Gasteiger partial charge is 0.387 e. The third kappa shape index (κ3) is 5.97. The Morgan fingerprint density at radius 2 is 2.08 bits per heavy atom. The highest BCUT2D eigenvalue weighted by molar-refractivity contribution is 7.09. The van der Waals surface area contributed by atoms with Gasteiger partial charge >= 0.3 is 6.61 Å². The molecule has 0 aliphatic heterocycles. The van der Waals surface area contributed by atoms with Gasteiger partial charge in [0.2, 0.25) is 0 Å². The molecule has 0 atom stereocenters. The summed E-state index contributed by atoms with van der Waals surface area (Å²) < 4.78 is 29.6. The molecule has 0 radical (unpaired) electrons. The molecule has 0 saturated heterocycles. The number of aliphatic imine (C=N–C) groups is 1. The Morgan fingerprint density at radius 1 is 1.32 bits per heavy atom. The Kier molecular flexibility index (Phi) is 7.12. The van der Waals surface area contributed by atoms with E-state index in [9.17, 15) is 8.78 Å². The molecule has 0 spiro atoms. The van der Waals surface area contributed by atoms with Crippen molar-refractivity contribution in [3.05, 3.63) is 45.4 Å². The first-order chi connectivity index (χ1) is 12.0. The number of ether oxygens (including phenoxy) is 1. The molecule has 2 rings (SSSR count). The van der Waals surface area contributed by atoms with Crippen LogP contribution in [0.25, 0.3) is 0 Å². The number of rotatable bonds is 7. The number of aryl methyl sites for hydroxylation is 2. The molecule has 5 nitrogen and oxygen atoms in total. The van der Waals surface area contributed by atoms with Gasteiger partial charge < -0.3 is 15.4 Å².